The first-order valence-electron chi connectivity index (χ1n) is 8.64. The van der Waals surface area contributed by atoms with Gasteiger partial charge in [0.05, 0.1) is 4.90 Å². The van der Waals surface area contributed by atoms with Crippen molar-refractivity contribution in [1.29, 1.82) is 0 Å². The van der Waals surface area contributed by atoms with E-state index in [1.54, 1.807) is 0 Å². The fourth-order valence-electron chi connectivity index (χ4n) is 2.91. The molecule has 0 aliphatic carbocycles. The Morgan fingerprint density at radius 3 is 2.65 bits per heavy atom. The fraction of sp³-hybridized carbons (Fsp3) is 0.471. The Balaban J connectivity index is 1.72. The first-order valence-corrected chi connectivity index (χ1v) is 10.9. The molecule has 1 N–H and O–H groups in total. The molecule has 0 saturated carbocycles. The number of carbonyl (C=O) groups excluding carboxylic acids is 1. The van der Waals surface area contributed by atoms with E-state index in [-0.39, 0.29) is 10.8 Å². The summed E-state index contributed by atoms with van der Waals surface area (Å²) in [5, 5.41) is 11.8. The first-order chi connectivity index (χ1) is 12.4. The van der Waals surface area contributed by atoms with Crippen LogP contribution in [-0.4, -0.2) is 41.9 Å². The highest BCUT2D eigenvalue weighted by Crippen LogP contribution is 2.24. The molecule has 140 valence electrons. The molecular formula is C17H22N4O3S2. The fourth-order valence-corrected chi connectivity index (χ4v) is 5.18. The highest BCUT2D eigenvalue weighted by atomic mass is 32.2. The van der Waals surface area contributed by atoms with Gasteiger partial charge >= 0.3 is 0 Å². The van der Waals surface area contributed by atoms with Gasteiger partial charge in [-0.3, -0.25) is 10.1 Å². The summed E-state index contributed by atoms with van der Waals surface area (Å²) >= 11 is 1.33. The molecule has 1 aliphatic heterocycles. The van der Waals surface area contributed by atoms with Gasteiger partial charge in [0.25, 0.3) is 5.91 Å². The maximum Gasteiger partial charge on any atom is 0.257 e. The first kappa shape index (κ1) is 18.9. The molecule has 7 nitrogen and oxygen atoms in total. The number of aryl methyl sites for hydroxylation is 1. The SMILES string of the molecule is CCc1nnc(NC(=O)c2ccc(S(=O)(=O)N3CCC[C@H](C)C3)cc2)s1. The number of amides is 1. The van der Waals surface area contributed by atoms with E-state index in [4.69, 9.17) is 0 Å². The zero-order chi connectivity index (χ0) is 18.7. The van der Waals surface area contributed by atoms with Crippen LogP contribution in [-0.2, 0) is 16.4 Å². The van der Waals surface area contributed by atoms with Gasteiger partial charge in [-0.15, -0.1) is 10.2 Å². The molecule has 1 fully saturated rings. The van der Waals surface area contributed by atoms with Crippen molar-refractivity contribution in [2.24, 2.45) is 5.92 Å². The number of aromatic nitrogens is 2. The zero-order valence-electron chi connectivity index (χ0n) is 14.8. The number of rotatable bonds is 5. The molecule has 26 heavy (non-hydrogen) atoms. The third kappa shape index (κ3) is 4.11. The van der Waals surface area contributed by atoms with Gasteiger partial charge in [-0.1, -0.05) is 25.2 Å². The second-order valence-electron chi connectivity index (χ2n) is 6.44. The van der Waals surface area contributed by atoms with E-state index in [2.05, 4.69) is 22.4 Å². The van der Waals surface area contributed by atoms with Crippen LogP contribution in [0.15, 0.2) is 29.2 Å². The van der Waals surface area contributed by atoms with E-state index in [1.165, 1.54) is 39.9 Å². The van der Waals surface area contributed by atoms with Crippen molar-refractivity contribution < 1.29 is 13.2 Å². The maximum absolute atomic E-state index is 12.7. The highest BCUT2D eigenvalue weighted by molar-refractivity contribution is 7.89. The normalized spacial score (nSPS) is 18.6. The second kappa shape index (κ2) is 7.81. The molecule has 3 rings (SSSR count). The van der Waals surface area contributed by atoms with Crippen LogP contribution >= 0.6 is 11.3 Å². The number of benzene rings is 1. The van der Waals surface area contributed by atoms with Gasteiger partial charge in [-0.2, -0.15) is 4.31 Å². The summed E-state index contributed by atoms with van der Waals surface area (Å²) in [6.45, 7) is 5.12. The number of carbonyl (C=O) groups is 1. The summed E-state index contributed by atoms with van der Waals surface area (Å²) in [4.78, 5) is 12.5. The van der Waals surface area contributed by atoms with Crippen LogP contribution in [0.3, 0.4) is 0 Å². The average molecular weight is 395 g/mol. The summed E-state index contributed by atoms with van der Waals surface area (Å²) in [6, 6.07) is 6.02. The molecule has 1 atom stereocenters. The molecule has 2 heterocycles. The van der Waals surface area contributed by atoms with E-state index in [0.717, 1.165) is 24.3 Å². The highest BCUT2D eigenvalue weighted by Gasteiger charge is 2.28. The summed E-state index contributed by atoms with van der Waals surface area (Å²) in [5.74, 6) is 0.0304. The molecule has 1 saturated heterocycles. The third-order valence-corrected chi connectivity index (χ3v) is 7.23. The van der Waals surface area contributed by atoms with Crippen LogP contribution in [0.25, 0.3) is 0 Å². The lowest BCUT2D eigenvalue weighted by molar-refractivity contribution is 0.102. The molecule has 0 radical (unpaired) electrons. The Bertz CT molecular complexity index is 878. The second-order valence-corrected chi connectivity index (χ2v) is 9.44. The van der Waals surface area contributed by atoms with E-state index < -0.39 is 10.0 Å². The Morgan fingerprint density at radius 1 is 1.31 bits per heavy atom. The van der Waals surface area contributed by atoms with Crippen LogP contribution in [0.5, 0.6) is 0 Å². The predicted molar refractivity (Wildman–Crippen MR) is 101 cm³/mol. The Kier molecular flexibility index (Phi) is 5.69. The van der Waals surface area contributed by atoms with Crippen LogP contribution < -0.4 is 5.32 Å². The summed E-state index contributed by atoms with van der Waals surface area (Å²) in [5.41, 5.74) is 0.379. The van der Waals surface area contributed by atoms with Crippen molar-refractivity contribution in [2.45, 2.75) is 38.0 Å². The number of sulfonamides is 1. The number of anilines is 1. The molecule has 1 amide bonds. The summed E-state index contributed by atoms with van der Waals surface area (Å²) in [7, 11) is -3.52. The average Bonchev–Trinajstić information content (AvgIpc) is 3.09. The number of piperidine rings is 1. The van der Waals surface area contributed by atoms with Crippen molar-refractivity contribution in [2.75, 3.05) is 18.4 Å². The topological polar surface area (TPSA) is 92.3 Å². The van der Waals surface area contributed by atoms with Crippen LogP contribution in [0.2, 0.25) is 0 Å². The van der Waals surface area contributed by atoms with Gasteiger partial charge < -0.3 is 0 Å². The van der Waals surface area contributed by atoms with E-state index in [9.17, 15) is 13.2 Å². The van der Waals surface area contributed by atoms with Crippen molar-refractivity contribution >= 4 is 32.4 Å². The lowest BCUT2D eigenvalue weighted by atomic mass is 10.0. The number of hydrogen-bond donors (Lipinski definition) is 1. The maximum atomic E-state index is 12.7. The largest absolute Gasteiger partial charge is 0.296 e. The number of nitrogens with one attached hydrogen (secondary N) is 1. The lowest BCUT2D eigenvalue weighted by Crippen LogP contribution is -2.39. The smallest absolute Gasteiger partial charge is 0.257 e. The zero-order valence-corrected chi connectivity index (χ0v) is 16.4. The molecule has 1 aliphatic rings. The molecule has 9 heteroatoms. The van der Waals surface area contributed by atoms with E-state index in [1.807, 2.05) is 6.92 Å². The predicted octanol–water partition coefficient (Wildman–Crippen LogP) is 2.77. The Hall–Kier alpha value is -1.84. The molecule has 2 aromatic rings. The van der Waals surface area contributed by atoms with Crippen molar-refractivity contribution in [3.63, 3.8) is 0 Å². The van der Waals surface area contributed by atoms with Crippen LogP contribution in [0, 0.1) is 5.92 Å². The lowest BCUT2D eigenvalue weighted by Gasteiger charge is -2.30. The molecule has 1 aromatic heterocycles. The third-order valence-electron chi connectivity index (χ3n) is 4.36. The standard InChI is InChI=1S/C17H22N4O3S2/c1-3-15-19-20-17(25-15)18-16(22)13-6-8-14(9-7-13)26(23,24)21-10-4-5-12(2)11-21/h6-9,12H,3-5,10-11H2,1-2H3,(H,18,20,22)/t12-/m0/s1. The minimum atomic E-state index is -3.52. The van der Waals surface area contributed by atoms with Crippen molar-refractivity contribution in [1.82, 2.24) is 14.5 Å². The van der Waals surface area contributed by atoms with Crippen LogP contribution in [0.4, 0.5) is 5.13 Å². The van der Waals surface area contributed by atoms with E-state index in [0.29, 0.717) is 29.7 Å². The number of nitrogens with zero attached hydrogens (tertiary/aromatic N) is 3. The van der Waals surface area contributed by atoms with Crippen molar-refractivity contribution in [3.8, 4) is 0 Å². The van der Waals surface area contributed by atoms with E-state index >= 15 is 0 Å². The van der Waals surface area contributed by atoms with Crippen LogP contribution in [0.1, 0.15) is 42.1 Å². The Labute approximate surface area is 157 Å². The molecule has 0 bridgehead atoms. The monoisotopic (exact) mass is 394 g/mol. The van der Waals surface area contributed by atoms with Gasteiger partial charge in [0.2, 0.25) is 15.2 Å². The summed E-state index contributed by atoms with van der Waals surface area (Å²) in [6.07, 6.45) is 2.69. The van der Waals surface area contributed by atoms with Gasteiger partial charge in [0, 0.05) is 18.7 Å². The Morgan fingerprint density at radius 2 is 2.04 bits per heavy atom. The summed E-state index contributed by atoms with van der Waals surface area (Å²) < 4.78 is 27.0. The minimum absolute atomic E-state index is 0.215. The molecule has 0 unspecified atom stereocenters. The number of hydrogen-bond acceptors (Lipinski definition) is 6. The molecule has 0 spiro atoms. The molecular weight excluding hydrogens is 372 g/mol. The molecule has 1 aromatic carbocycles. The van der Waals surface area contributed by atoms with Gasteiger partial charge in [0.15, 0.2) is 0 Å². The van der Waals surface area contributed by atoms with Gasteiger partial charge in [-0.05, 0) is 49.4 Å². The van der Waals surface area contributed by atoms with Crippen molar-refractivity contribution in [3.05, 3.63) is 34.8 Å². The van der Waals surface area contributed by atoms with Gasteiger partial charge in [-0.25, -0.2) is 8.42 Å². The quantitative estimate of drug-likeness (QED) is 0.842. The minimum Gasteiger partial charge on any atom is -0.296 e. The van der Waals surface area contributed by atoms with Gasteiger partial charge in [0.1, 0.15) is 5.01 Å².